The lowest BCUT2D eigenvalue weighted by molar-refractivity contribution is 0.0712. The quantitative estimate of drug-likeness (QED) is 0.669. The number of aromatic hydroxyl groups is 1. The van der Waals surface area contributed by atoms with E-state index in [4.69, 9.17) is 0 Å². The zero-order valence-electron chi connectivity index (χ0n) is 16.2. The van der Waals surface area contributed by atoms with Gasteiger partial charge in [-0.15, -0.1) is 5.10 Å². The molecule has 2 heterocycles. The van der Waals surface area contributed by atoms with Gasteiger partial charge in [-0.3, -0.25) is 14.6 Å². The fourth-order valence-corrected chi connectivity index (χ4v) is 4.38. The van der Waals surface area contributed by atoms with Crippen molar-refractivity contribution in [2.24, 2.45) is 0 Å². The van der Waals surface area contributed by atoms with E-state index in [0.717, 1.165) is 39.9 Å². The van der Waals surface area contributed by atoms with Gasteiger partial charge in [-0.05, 0) is 35.1 Å². The van der Waals surface area contributed by atoms with Crippen molar-refractivity contribution >= 4 is 5.91 Å². The van der Waals surface area contributed by atoms with Gasteiger partial charge in [0, 0.05) is 7.05 Å². The third kappa shape index (κ3) is 2.60. The minimum Gasteiger partial charge on any atom is -0.502 e. The molecule has 0 bridgehead atoms. The number of carbonyl (C=O) groups is 1. The molecule has 0 saturated heterocycles. The molecule has 0 saturated carbocycles. The Labute approximate surface area is 171 Å². The van der Waals surface area contributed by atoms with Crippen LogP contribution in [0.2, 0.25) is 0 Å². The molecule has 2 aromatic carbocycles. The Hall–Kier alpha value is -3.68. The van der Waals surface area contributed by atoms with Crippen molar-refractivity contribution in [3.63, 3.8) is 0 Å². The number of hydrogen-bond acceptors (Lipinski definition) is 5. The van der Waals surface area contributed by atoms with Gasteiger partial charge in [0.2, 0.25) is 5.75 Å². The summed E-state index contributed by atoms with van der Waals surface area (Å²) in [6.45, 7) is 0.105. The second-order valence-electron chi connectivity index (χ2n) is 7.59. The number of benzene rings is 2. The number of rotatable bonds is 1. The summed E-state index contributed by atoms with van der Waals surface area (Å²) in [6, 6.07) is 15.6. The third-order valence-corrected chi connectivity index (χ3v) is 5.82. The van der Waals surface area contributed by atoms with E-state index >= 15 is 0 Å². The Morgan fingerprint density at radius 3 is 2.17 bits per heavy atom. The van der Waals surface area contributed by atoms with Crippen LogP contribution in [0.3, 0.4) is 0 Å². The highest BCUT2D eigenvalue weighted by molar-refractivity contribution is 5.95. The van der Waals surface area contributed by atoms with Gasteiger partial charge in [-0.2, -0.15) is 9.18 Å². The first-order chi connectivity index (χ1) is 14.5. The number of halogens is 1. The van der Waals surface area contributed by atoms with E-state index in [1.165, 1.54) is 4.90 Å². The number of aromatic nitrogens is 2. The Bertz CT molecular complexity index is 1190. The molecule has 152 valence electrons. The predicted octanol–water partition coefficient (Wildman–Crippen LogP) is 1.96. The van der Waals surface area contributed by atoms with E-state index in [2.05, 4.69) is 17.2 Å². The average Bonchev–Trinajstić information content (AvgIpc) is 2.91. The number of fused-ring (bicyclic) bond motifs is 3. The zero-order valence-corrected chi connectivity index (χ0v) is 16.2. The summed E-state index contributed by atoms with van der Waals surface area (Å²) < 4.78 is 14.2. The summed E-state index contributed by atoms with van der Waals surface area (Å²) in [4.78, 5) is 27.1. The molecule has 0 spiro atoms. The number of nitrogens with zero attached hydrogens (tertiary/aromatic N) is 4. The first-order valence-electron chi connectivity index (χ1n) is 9.67. The van der Waals surface area contributed by atoms with Crippen LogP contribution in [-0.2, 0) is 12.8 Å². The molecule has 0 atom stereocenters. The molecule has 1 amide bonds. The lowest BCUT2D eigenvalue weighted by atomic mass is 9.94. The van der Waals surface area contributed by atoms with Gasteiger partial charge < -0.3 is 10.0 Å². The SMILES string of the molecule is CN1CN(C2c3ccccc3CCc3ccccc32)n2nc(F)c(=O)c(O)c2C1=O. The molecule has 0 unspecified atom stereocenters. The maximum atomic E-state index is 14.2. The van der Waals surface area contributed by atoms with E-state index in [0.29, 0.717) is 0 Å². The second kappa shape index (κ2) is 6.69. The summed E-state index contributed by atoms with van der Waals surface area (Å²) >= 11 is 0. The smallest absolute Gasteiger partial charge is 0.284 e. The van der Waals surface area contributed by atoms with E-state index in [9.17, 15) is 19.1 Å². The molecule has 1 aliphatic carbocycles. The fourth-order valence-electron chi connectivity index (χ4n) is 4.38. The van der Waals surface area contributed by atoms with Crippen LogP contribution < -0.4 is 10.4 Å². The topological polar surface area (TPSA) is 78.7 Å². The Morgan fingerprint density at radius 2 is 1.57 bits per heavy atom. The highest BCUT2D eigenvalue weighted by Crippen LogP contribution is 2.37. The van der Waals surface area contributed by atoms with Gasteiger partial charge in [-0.25, -0.2) is 0 Å². The molecular weight excluding hydrogens is 387 g/mol. The Balaban J connectivity index is 1.81. The number of amides is 1. The maximum absolute atomic E-state index is 14.2. The lowest BCUT2D eigenvalue weighted by Crippen LogP contribution is -2.55. The minimum atomic E-state index is -1.35. The van der Waals surface area contributed by atoms with Gasteiger partial charge in [0.1, 0.15) is 6.67 Å². The van der Waals surface area contributed by atoms with Gasteiger partial charge in [0.25, 0.3) is 17.3 Å². The molecule has 0 radical (unpaired) electrons. The van der Waals surface area contributed by atoms with Crippen molar-refractivity contribution in [3.05, 3.63) is 92.6 Å². The van der Waals surface area contributed by atoms with Crippen LogP contribution >= 0.6 is 0 Å². The molecule has 30 heavy (non-hydrogen) atoms. The fraction of sp³-hybridized carbons (Fsp3) is 0.227. The Morgan fingerprint density at radius 1 is 1.00 bits per heavy atom. The predicted molar refractivity (Wildman–Crippen MR) is 107 cm³/mol. The van der Waals surface area contributed by atoms with E-state index in [1.54, 1.807) is 12.1 Å². The van der Waals surface area contributed by atoms with E-state index in [-0.39, 0.29) is 18.4 Å². The molecule has 1 aromatic heterocycles. The van der Waals surface area contributed by atoms with Crippen LogP contribution in [-0.4, -0.2) is 39.5 Å². The van der Waals surface area contributed by atoms with Crippen LogP contribution in [0.5, 0.6) is 5.75 Å². The minimum absolute atomic E-state index is 0.105. The molecular formula is C22H19FN4O3. The lowest BCUT2D eigenvalue weighted by Gasteiger charge is -2.42. The van der Waals surface area contributed by atoms with Gasteiger partial charge in [-0.1, -0.05) is 48.5 Å². The van der Waals surface area contributed by atoms with Crippen molar-refractivity contribution in [1.29, 1.82) is 0 Å². The standard InChI is InChI=1S/C22H19FN4O3/c1-25-12-26(27-18(22(25)30)19(28)20(29)21(23)24-27)17-15-8-4-2-6-13(15)10-11-14-7-3-5-9-16(14)17/h2-9,17,28H,10-12H2,1H3. The van der Waals surface area contributed by atoms with Crippen LogP contribution in [0, 0.1) is 5.95 Å². The third-order valence-electron chi connectivity index (χ3n) is 5.82. The highest BCUT2D eigenvalue weighted by atomic mass is 19.1. The van der Waals surface area contributed by atoms with Gasteiger partial charge >= 0.3 is 0 Å². The molecule has 8 heteroatoms. The van der Waals surface area contributed by atoms with Crippen molar-refractivity contribution in [3.8, 4) is 5.75 Å². The zero-order chi connectivity index (χ0) is 21.0. The molecule has 5 rings (SSSR count). The summed E-state index contributed by atoms with van der Waals surface area (Å²) in [5, 5.41) is 15.7. The van der Waals surface area contributed by atoms with Gasteiger partial charge in [0.15, 0.2) is 5.69 Å². The average molecular weight is 406 g/mol. The molecule has 2 aliphatic rings. The van der Waals surface area contributed by atoms with Crippen LogP contribution in [0.4, 0.5) is 4.39 Å². The first kappa shape index (κ1) is 18.4. The van der Waals surface area contributed by atoms with Crippen LogP contribution in [0.15, 0.2) is 53.3 Å². The summed E-state index contributed by atoms with van der Waals surface area (Å²) in [7, 11) is 1.57. The summed E-state index contributed by atoms with van der Waals surface area (Å²) in [5.74, 6) is -2.88. The van der Waals surface area contributed by atoms with Crippen molar-refractivity contribution in [1.82, 2.24) is 14.8 Å². The Kier molecular flexibility index (Phi) is 4.09. The molecule has 3 aromatic rings. The number of carbonyl (C=O) groups excluding carboxylic acids is 1. The molecule has 1 aliphatic heterocycles. The second-order valence-corrected chi connectivity index (χ2v) is 7.59. The maximum Gasteiger partial charge on any atom is 0.284 e. The molecule has 0 fully saturated rings. The number of aryl methyl sites for hydroxylation is 2. The van der Waals surface area contributed by atoms with Crippen molar-refractivity contribution in [2.45, 2.75) is 18.9 Å². The summed E-state index contributed by atoms with van der Waals surface area (Å²) in [5.41, 5.74) is 2.69. The summed E-state index contributed by atoms with van der Waals surface area (Å²) in [6.07, 6.45) is 1.69. The van der Waals surface area contributed by atoms with Crippen LogP contribution in [0.1, 0.15) is 38.8 Å². The normalized spacial score (nSPS) is 16.0. The first-order valence-corrected chi connectivity index (χ1v) is 9.67. The van der Waals surface area contributed by atoms with E-state index < -0.39 is 23.0 Å². The largest absolute Gasteiger partial charge is 0.502 e. The van der Waals surface area contributed by atoms with Crippen molar-refractivity contribution < 1.29 is 14.3 Å². The molecule has 1 N–H and O–H groups in total. The van der Waals surface area contributed by atoms with Crippen molar-refractivity contribution in [2.75, 3.05) is 18.7 Å². The van der Waals surface area contributed by atoms with Gasteiger partial charge in [0.05, 0.1) is 6.04 Å². The number of hydrogen-bond donors (Lipinski definition) is 1. The highest BCUT2D eigenvalue weighted by Gasteiger charge is 2.38. The monoisotopic (exact) mass is 406 g/mol. The van der Waals surface area contributed by atoms with Crippen LogP contribution in [0.25, 0.3) is 0 Å². The van der Waals surface area contributed by atoms with E-state index in [1.807, 2.05) is 36.4 Å². The molecule has 7 nitrogen and oxygen atoms in total.